The van der Waals surface area contributed by atoms with Crippen LogP contribution in [0, 0.1) is 0 Å². The average molecular weight is 90.2 g/mol. The van der Waals surface area contributed by atoms with Crippen LogP contribution >= 0.6 is 12.6 Å². The molecule has 0 fully saturated rings. The van der Waals surface area contributed by atoms with E-state index in [1.54, 1.807) is 13.8 Å². The Morgan fingerprint density at radius 3 is 1.60 bits per heavy atom. The van der Waals surface area contributed by atoms with Crippen LogP contribution in [0.5, 0.6) is 0 Å². The maximum Gasteiger partial charge on any atom is 0.0667 e. The minimum absolute atomic E-state index is 0.417. The van der Waals surface area contributed by atoms with Crippen molar-refractivity contribution < 1.29 is 0 Å². The third-order valence-corrected chi connectivity index (χ3v) is 0. The van der Waals surface area contributed by atoms with Crippen LogP contribution in [0.3, 0.4) is 0 Å². The molecule has 1 radical (unpaired) electrons. The summed E-state index contributed by atoms with van der Waals surface area (Å²) in [4.78, 5) is -0.417. The molecule has 0 saturated heterocycles. The van der Waals surface area contributed by atoms with Gasteiger partial charge in [-0.25, -0.2) is 0 Å². The molecule has 0 atom stereocenters. The highest BCUT2D eigenvalue weighted by Crippen LogP contribution is 1.98. The SMILES string of the molecule is CC(C)(N)[S]. The van der Waals surface area contributed by atoms with Gasteiger partial charge >= 0.3 is 0 Å². The fourth-order valence-corrected chi connectivity index (χ4v) is 0. The molecule has 0 rings (SSSR count). The molecular formula is C3H8NS. The van der Waals surface area contributed by atoms with E-state index in [4.69, 9.17) is 5.73 Å². The molecule has 31 valence electrons. The van der Waals surface area contributed by atoms with E-state index in [1.165, 1.54) is 0 Å². The quantitative estimate of drug-likeness (QED) is 0.469. The smallest absolute Gasteiger partial charge is 0.0667 e. The largest absolute Gasteiger partial charge is 0.317 e. The summed E-state index contributed by atoms with van der Waals surface area (Å²) in [5.74, 6) is 0. The Hall–Kier alpha value is 0.310. The molecule has 0 aliphatic heterocycles. The van der Waals surface area contributed by atoms with Crippen LogP contribution < -0.4 is 5.73 Å². The van der Waals surface area contributed by atoms with Crippen LogP contribution in [-0.2, 0) is 0 Å². The van der Waals surface area contributed by atoms with Gasteiger partial charge in [0.2, 0.25) is 0 Å². The molecule has 5 heavy (non-hydrogen) atoms. The predicted octanol–water partition coefficient (Wildman–Crippen LogP) is 0.879. The first kappa shape index (κ1) is 5.31. The monoisotopic (exact) mass is 90.0 g/mol. The van der Waals surface area contributed by atoms with Crippen LogP contribution in [0.1, 0.15) is 13.8 Å². The zero-order chi connectivity index (χ0) is 4.50. The lowest BCUT2D eigenvalue weighted by Crippen LogP contribution is -2.22. The van der Waals surface area contributed by atoms with Crippen molar-refractivity contribution in [3.63, 3.8) is 0 Å². The lowest BCUT2D eigenvalue weighted by atomic mass is 10.4. The van der Waals surface area contributed by atoms with Crippen molar-refractivity contribution in [3.05, 3.63) is 0 Å². The van der Waals surface area contributed by atoms with E-state index in [9.17, 15) is 0 Å². The van der Waals surface area contributed by atoms with Gasteiger partial charge in [0.25, 0.3) is 0 Å². The predicted molar refractivity (Wildman–Crippen MR) is 25.9 cm³/mol. The van der Waals surface area contributed by atoms with Crippen molar-refractivity contribution >= 4 is 12.6 Å². The summed E-state index contributed by atoms with van der Waals surface area (Å²) in [6.45, 7) is 3.56. The van der Waals surface area contributed by atoms with Gasteiger partial charge in [0.1, 0.15) is 0 Å². The van der Waals surface area contributed by atoms with Gasteiger partial charge < -0.3 is 5.73 Å². The summed E-state index contributed by atoms with van der Waals surface area (Å²) in [7, 11) is 0. The highest BCUT2D eigenvalue weighted by molar-refractivity contribution is 7.81. The minimum Gasteiger partial charge on any atom is -0.317 e. The van der Waals surface area contributed by atoms with Crippen LogP contribution in [-0.4, -0.2) is 4.87 Å². The Balaban J connectivity index is 3.02. The second-order valence-corrected chi connectivity index (χ2v) is 2.66. The molecule has 0 aromatic rings. The van der Waals surface area contributed by atoms with Gasteiger partial charge in [0.05, 0.1) is 4.87 Å². The molecule has 0 aromatic carbocycles. The highest BCUT2D eigenvalue weighted by Gasteiger charge is 1.98. The van der Waals surface area contributed by atoms with Gasteiger partial charge in [-0.2, -0.15) is 0 Å². The van der Waals surface area contributed by atoms with Crippen molar-refractivity contribution in [2.45, 2.75) is 18.7 Å². The van der Waals surface area contributed by atoms with Crippen molar-refractivity contribution in [1.29, 1.82) is 0 Å². The normalized spacial score (nSPS) is 12.0. The van der Waals surface area contributed by atoms with Gasteiger partial charge in [-0.1, -0.05) is 12.6 Å². The standard InChI is InChI=1S/C3H8NS/c1-3(2,4)5/h4H2,1-2H3. The van der Waals surface area contributed by atoms with Gasteiger partial charge in [0.15, 0.2) is 0 Å². The van der Waals surface area contributed by atoms with Crippen molar-refractivity contribution in [1.82, 2.24) is 0 Å². The maximum atomic E-state index is 5.17. The molecule has 0 heterocycles. The topological polar surface area (TPSA) is 26.0 Å². The molecule has 0 unspecified atom stereocenters. The van der Waals surface area contributed by atoms with E-state index in [0.29, 0.717) is 0 Å². The van der Waals surface area contributed by atoms with Crippen molar-refractivity contribution in [2.75, 3.05) is 0 Å². The zero-order valence-electron chi connectivity index (χ0n) is 3.49. The van der Waals surface area contributed by atoms with E-state index >= 15 is 0 Å². The summed E-state index contributed by atoms with van der Waals surface area (Å²) >= 11 is 4.60. The molecule has 2 N–H and O–H groups in total. The van der Waals surface area contributed by atoms with Crippen LogP contribution in [0.25, 0.3) is 0 Å². The maximum absolute atomic E-state index is 5.17. The second-order valence-electron chi connectivity index (χ2n) is 1.60. The zero-order valence-corrected chi connectivity index (χ0v) is 4.30. The van der Waals surface area contributed by atoms with Gasteiger partial charge in [-0.3, -0.25) is 0 Å². The molecule has 0 aliphatic carbocycles. The Morgan fingerprint density at radius 1 is 1.60 bits per heavy atom. The Morgan fingerprint density at radius 2 is 1.60 bits per heavy atom. The van der Waals surface area contributed by atoms with E-state index in [0.717, 1.165) is 0 Å². The second kappa shape index (κ2) is 1.19. The fraction of sp³-hybridized carbons (Fsp3) is 1.00. The molecule has 0 saturated carbocycles. The number of nitrogens with two attached hydrogens (primary N) is 1. The molecule has 1 nitrogen and oxygen atoms in total. The van der Waals surface area contributed by atoms with Crippen LogP contribution in [0.4, 0.5) is 0 Å². The highest BCUT2D eigenvalue weighted by atomic mass is 32.1. The van der Waals surface area contributed by atoms with E-state index in [1.807, 2.05) is 0 Å². The lowest BCUT2D eigenvalue weighted by molar-refractivity contribution is 0.767. The number of rotatable bonds is 0. The first-order valence-electron chi connectivity index (χ1n) is 1.49. The molecule has 0 spiro atoms. The molecule has 0 amide bonds. The molecule has 0 bridgehead atoms. The lowest BCUT2D eigenvalue weighted by Gasteiger charge is -2.03. The van der Waals surface area contributed by atoms with Crippen LogP contribution in [0.2, 0.25) is 0 Å². The van der Waals surface area contributed by atoms with E-state index < -0.39 is 4.87 Å². The summed E-state index contributed by atoms with van der Waals surface area (Å²) in [6, 6.07) is 0. The summed E-state index contributed by atoms with van der Waals surface area (Å²) in [5, 5.41) is 0. The fourth-order valence-electron chi connectivity index (χ4n) is 0. The number of hydrogen-bond donors (Lipinski definition) is 1. The van der Waals surface area contributed by atoms with Crippen molar-refractivity contribution in [3.8, 4) is 0 Å². The Labute approximate surface area is 38.0 Å². The van der Waals surface area contributed by atoms with E-state index in [2.05, 4.69) is 12.6 Å². The van der Waals surface area contributed by atoms with E-state index in [-0.39, 0.29) is 0 Å². The van der Waals surface area contributed by atoms with Crippen molar-refractivity contribution in [2.24, 2.45) is 5.73 Å². The first-order chi connectivity index (χ1) is 2.00. The molecular weight excluding hydrogens is 82.1 g/mol. The molecule has 0 aliphatic rings. The summed E-state index contributed by atoms with van der Waals surface area (Å²) < 4.78 is 0. The van der Waals surface area contributed by atoms with Gasteiger partial charge in [0, 0.05) is 0 Å². The Kier molecular flexibility index (Phi) is 1.26. The van der Waals surface area contributed by atoms with Gasteiger partial charge in [-0.15, -0.1) is 0 Å². The average Bonchev–Trinajstić information content (AvgIpc) is 0.722. The summed E-state index contributed by atoms with van der Waals surface area (Å²) in [6.07, 6.45) is 0. The van der Waals surface area contributed by atoms with Gasteiger partial charge in [-0.05, 0) is 13.8 Å². The third-order valence-electron chi connectivity index (χ3n) is 0. The molecule has 2 heteroatoms. The van der Waals surface area contributed by atoms with Crippen LogP contribution in [0.15, 0.2) is 0 Å². The Bertz CT molecular complexity index is 22.4. The third kappa shape index (κ3) is 239. The minimum atomic E-state index is -0.417. The first-order valence-corrected chi connectivity index (χ1v) is 1.90. The summed E-state index contributed by atoms with van der Waals surface area (Å²) in [5.41, 5.74) is 5.17. The number of hydrogen-bond acceptors (Lipinski definition) is 1. The molecule has 0 aromatic heterocycles.